The van der Waals surface area contributed by atoms with Crippen LogP contribution in [0.15, 0.2) is 6.20 Å². The van der Waals surface area contributed by atoms with Gasteiger partial charge in [-0.15, -0.1) is 0 Å². The molecule has 0 amide bonds. The van der Waals surface area contributed by atoms with E-state index in [0.29, 0.717) is 42.7 Å². The summed E-state index contributed by atoms with van der Waals surface area (Å²) in [5, 5.41) is 17.6. The van der Waals surface area contributed by atoms with Crippen LogP contribution in [-0.4, -0.2) is 37.2 Å². The molecule has 1 aromatic heterocycles. The molecule has 0 unspecified atom stereocenters. The van der Waals surface area contributed by atoms with Crippen LogP contribution in [0, 0.1) is 22.7 Å². The summed E-state index contributed by atoms with van der Waals surface area (Å²) in [5.41, 5.74) is 0. The summed E-state index contributed by atoms with van der Waals surface area (Å²) in [4.78, 5) is 12.1. The van der Waals surface area contributed by atoms with Gasteiger partial charge < -0.3 is 9.80 Å². The second-order valence-corrected chi connectivity index (χ2v) is 4.41. The Morgan fingerprint density at radius 1 is 1.16 bits per heavy atom. The summed E-state index contributed by atoms with van der Waals surface area (Å²) in [5.74, 6) is 1.10. The fourth-order valence-electron chi connectivity index (χ4n) is 1.44. The van der Waals surface area contributed by atoms with Crippen LogP contribution in [0.5, 0.6) is 0 Å². The van der Waals surface area contributed by atoms with Crippen LogP contribution in [0.2, 0.25) is 5.02 Å². The van der Waals surface area contributed by atoms with Crippen LogP contribution in [0.1, 0.15) is 12.8 Å². The lowest BCUT2D eigenvalue weighted by Crippen LogP contribution is -2.24. The molecule has 1 heterocycles. The van der Waals surface area contributed by atoms with Crippen LogP contribution in [-0.2, 0) is 0 Å². The van der Waals surface area contributed by atoms with E-state index in [1.807, 2.05) is 19.0 Å². The zero-order valence-electron chi connectivity index (χ0n) is 11.0. The van der Waals surface area contributed by atoms with Crippen molar-refractivity contribution in [3.63, 3.8) is 0 Å². The molecule has 0 bridgehead atoms. The predicted molar refractivity (Wildman–Crippen MR) is 74.0 cm³/mol. The molecule has 19 heavy (non-hydrogen) atoms. The normalized spacial score (nSPS) is 9.53. The first-order valence-corrected chi connectivity index (χ1v) is 6.16. The maximum atomic E-state index is 8.59. The minimum atomic E-state index is 0.399. The fraction of sp³-hybridized carbons (Fsp3) is 0.500. The van der Waals surface area contributed by atoms with Crippen molar-refractivity contribution in [3.8, 4) is 12.1 Å². The highest BCUT2D eigenvalue weighted by Gasteiger charge is 2.12. The molecule has 0 atom stereocenters. The zero-order valence-corrected chi connectivity index (χ0v) is 11.7. The molecule has 0 N–H and O–H groups in total. The molecule has 100 valence electrons. The summed E-state index contributed by atoms with van der Waals surface area (Å²) in [6, 6.07) is 4.15. The third kappa shape index (κ3) is 4.27. The van der Waals surface area contributed by atoms with Gasteiger partial charge in [0.1, 0.15) is 5.02 Å². The topological polar surface area (TPSA) is 79.8 Å². The van der Waals surface area contributed by atoms with Crippen molar-refractivity contribution >= 4 is 23.4 Å². The van der Waals surface area contributed by atoms with Crippen molar-refractivity contribution in [1.82, 2.24) is 9.97 Å². The third-order valence-corrected chi connectivity index (χ3v) is 2.80. The SMILES string of the molecule is CN(CCC#N)c1ncc(Cl)c(N(C)CCC#N)n1. The zero-order chi connectivity index (χ0) is 14.3. The molecular formula is C12H15ClN6. The van der Waals surface area contributed by atoms with E-state index in [4.69, 9.17) is 22.1 Å². The van der Waals surface area contributed by atoms with Crippen molar-refractivity contribution in [1.29, 1.82) is 10.5 Å². The molecule has 6 nitrogen and oxygen atoms in total. The molecule has 0 saturated carbocycles. The van der Waals surface area contributed by atoms with Crippen LogP contribution in [0.25, 0.3) is 0 Å². The van der Waals surface area contributed by atoms with E-state index in [0.717, 1.165) is 0 Å². The Labute approximate surface area is 117 Å². The molecule has 0 radical (unpaired) electrons. The largest absolute Gasteiger partial charge is 0.357 e. The van der Waals surface area contributed by atoms with Crippen molar-refractivity contribution in [2.24, 2.45) is 0 Å². The fourth-order valence-corrected chi connectivity index (χ4v) is 1.68. The number of hydrogen-bond acceptors (Lipinski definition) is 6. The van der Waals surface area contributed by atoms with Crippen LogP contribution < -0.4 is 9.80 Å². The van der Waals surface area contributed by atoms with E-state index < -0.39 is 0 Å². The molecule has 0 saturated heterocycles. The smallest absolute Gasteiger partial charge is 0.227 e. The van der Waals surface area contributed by atoms with E-state index in [-0.39, 0.29) is 0 Å². The predicted octanol–water partition coefficient (Wildman–Crippen LogP) is 1.83. The highest BCUT2D eigenvalue weighted by molar-refractivity contribution is 6.32. The van der Waals surface area contributed by atoms with Gasteiger partial charge in [0, 0.05) is 27.2 Å². The molecule has 0 aromatic carbocycles. The maximum Gasteiger partial charge on any atom is 0.227 e. The lowest BCUT2D eigenvalue weighted by Gasteiger charge is -2.21. The summed E-state index contributed by atoms with van der Waals surface area (Å²) < 4.78 is 0. The molecule has 0 fully saturated rings. The number of rotatable bonds is 6. The molecule has 1 aromatic rings. The number of nitrogens with zero attached hydrogens (tertiary/aromatic N) is 6. The Bertz CT molecular complexity index is 504. The standard InChI is InChI=1S/C12H15ClN6/c1-18(7-3-5-14)11-10(13)9-16-12(17-11)19(2)8-4-6-15/h9H,3-4,7-8H2,1-2H3. The summed E-state index contributed by atoms with van der Waals surface area (Å²) in [6.45, 7) is 1.11. The Hall–Kier alpha value is -2.05. The second-order valence-electron chi connectivity index (χ2n) is 4.00. The minimum Gasteiger partial charge on any atom is -0.357 e. The van der Waals surface area contributed by atoms with Gasteiger partial charge in [-0.3, -0.25) is 0 Å². The van der Waals surface area contributed by atoms with E-state index in [1.165, 1.54) is 6.20 Å². The van der Waals surface area contributed by atoms with Crippen LogP contribution in [0.3, 0.4) is 0 Å². The molecular weight excluding hydrogens is 264 g/mol. The number of nitriles is 2. The Morgan fingerprint density at radius 2 is 1.74 bits per heavy atom. The molecule has 0 spiro atoms. The molecule has 0 aliphatic rings. The van der Waals surface area contributed by atoms with Gasteiger partial charge in [0.2, 0.25) is 5.95 Å². The van der Waals surface area contributed by atoms with Gasteiger partial charge in [0.05, 0.1) is 31.2 Å². The number of aromatic nitrogens is 2. The number of anilines is 2. The number of halogens is 1. The van der Waals surface area contributed by atoms with Crippen molar-refractivity contribution in [2.45, 2.75) is 12.8 Å². The highest BCUT2D eigenvalue weighted by atomic mass is 35.5. The summed E-state index contributed by atoms with van der Waals surface area (Å²) in [7, 11) is 3.64. The van der Waals surface area contributed by atoms with Crippen molar-refractivity contribution in [2.75, 3.05) is 37.0 Å². The molecule has 0 aliphatic heterocycles. The summed E-state index contributed by atoms with van der Waals surface area (Å²) in [6.07, 6.45) is 2.34. The first kappa shape index (κ1) is 15.0. The lowest BCUT2D eigenvalue weighted by atomic mass is 10.4. The van der Waals surface area contributed by atoms with Gasteiger partial charge in [-0.25, -0.2) is 4.98 Å². The maximum absolute atomic E-state index is 8.59. The quantitative estimate of drug-likeness (QED) is 0.790. The van der Waals surface area contributed by atoms with Gasteiger partial charge in [-0.1, -0.05) is 11.6 Å². The van der Waals surface area contributed by atoms with Crippen LogP contribution >= 0.6 is 11.6 Å². The number of hydrogen-bond donors (Lipinski definition) is 0. The van der Waals surface area contributed by atoms with Crippen molar-refractivity contribution in [3.05, 3.63) is 11.2 Å². The van der Waals surface area contributed by atoms with Crippen LogP contribution in [0.4, 0.5) is 11.8 Å². The first-order valence-electron chi connectivity index (χ1n) is 5.79. The molecule has 7 heteroatoms. The van der Waals surface area contributed by atoms with Gasteiger partial charge >= 0.3 is 0 Å². The highest BCUT2D eigenvalue weighted by Crippen LogP contribution is 2.23. The third-order valence-electron chi connectivity index (χ3n) is 2.53. The Balaban J connectivity index is 2.88. The van der Waals surface area contributed by atoms with Gasteiger partial charge in [-0.2, -0.15) is 15.5 Å². The average molecular weight is 279 g/mol. The van der Waals surface area contributed by atoms with E-state index in [1.54, 1.807) is 4.90 Å². The Morgan fingerprint density at radius 3 is 2.32 bits per heavy atom. The Kier molecular flexibility index (Phi) is 5.84. The summed E-state index contributed by atoms with van der Waals surface area (Å²) >= 11 is 6.06. The average Bonchev–Trinajstić information content (AvgIpc) is 2.42. The van der Waals surface area contributed by atoms with E-state index in [2.05, 4.69) is 22.1 Å². The van der Waals surface area contributed by atoms with E-state index in [9.17, 15) is 0 Å². The van der Waals surface area contributed by atoms with Gasteiger partial charge in [0.15, 0.2) is 5.82 Å². The molecule has 0 aliphatic carbocycles. The van der Waals surface area contributed by atoms with Gasteiger partial charge in [-0.05, 0) is 0 Å². The minimum absolute atomic E-state index is 0.399. The van der Waals surface area contributed by atoms with E-state index >= 15 is 0 Å². The monoisotopic (exact) mass is 278 g/mol. The first-order chi connectivity index (χ1) is 9.10. The second kappa shape index (κ2) is 7.40. The van der Waals surface area contributed by atoms with Crippen molar-refractivity contribution < 1.29 is 0 Å². The molecule has 1 rings (SSSR count). The van der Waals surface area contributed by atoms with Gasteiger partial charge in [0.25, 0.3) is 0 Å². The lowest BCUT2D eigenvalue weighted by molar-refractivity contribution is 0.836.